The fourth-order valence-electron chi connectivity index (χ4n) is 2.56. The molecular formula is C19H21FN2O4S. The zero-order valence-corrected chi connectivity index (χ0v) is 15.7. The second-order valence-corrected chi connectivity index (χ2v) is 8.10. The van der Waals surface area contributed by atoms with E-state index in [1.165, 1.54) is 12.1 Å². The van der Waals surface area contributed by atoms with Crippen LogP contribution in [0.2, 0.25) is 0 Å². The van der Waals surface area contributed by atoms with Crippen LogP contribution in [0, 0.1) is 5.82 Å². The summed E-state index contributed by atoms with van der Waals surface area (Å²) < 4.78 is 45.8. The minimum absolute atomic E-state index is 0.0861. The molecule has 2 aromatic rings. The lowest BCUT2D eigenvalue weighted by Gasteiger charge is -2.24. The van der Waals surface area contributed by atoms with Gasteiger partial charge in [-0.2, -0.15) is 0 Å². The molecule has 1 aliphatic carbocycles. The third kappa shape index (κ3) is 4.77. The van der Waals surface area contributed by atoms with Crippen LogP contribution in [0.15, 0.2) is 53.4 Å². The summed E-state index contributed by atoms with van der Waals surface area (Å²) in [4.78, 5) is 12.2. The summed E-state index contributed by atoms with van der Waals surface area (Å²) >= 11 is 0. The van der Waals surface area contributed by atoms with Gasteiger partial charge in [0, 0.05) is 6.04 Å². The molecule has 144 valence electrons. The van der Waals surface area contributed by atoms with E-state index >= 15 is 0 Å². The SMILES string of the molecule is CCOc1ccc(N(CC(=O)NC2CC2)S(=O)(=O)c2ccc(F)cc2)cc1. The minimum Gasteiger partial charge on any atom is -0.494 e. The van der Waals surface area contributed by atoms with Crippen molar-refractivity contribution in [2.45, 2.75) is 30.7 Å². The second-order valence-electron chi connectivity index (χ2n) is 6.23. The number of nitrogens with zero attached hydrogens (tertiary/aromatic N) is 1. The molecule has 1 amide bonds. The van der Waals surface area contributed by atoms with Crippen molar-refractivity contribution in [3.05, 3.63) is 54.3 Å². The zero-order chi connectivity index (χ0) is 19.4. The molecule has 1 fully saturated rings. The largest absolute Gasteiger partial charge is 0.494 e. The Morgan fingerprint density at radius 1 is 1.15 bits per heavy atom. The van der Waals surface area contributed by atoms with Crippen molar-refractivity contribution in [3.63, 3.8) is 0 Å². The highest BCUT2D eigenvalue weighted by atomic mass is 32.2. The molecule has 0 bridgehead atoms. The van der Waals surface area contributed by atoms with Gasteiger partial charge >= 0.3 is 0 Å². The Kier molecular flexibility index (Phi) is 5.65. The zero-order valence-electron chi connectivity index (χ0n) is 14.9. The van der Waals surface area contributed by atoms with Crippen molar-refractivity contribution in [1.29, 1.82) is 0 Å². The molecule has 0 unspecified atom stereocenters. The van der Waals surface area contributed by atoms with Gasteiger partial charge in [0.2, 0.25) is 5.91 Å². The highest BCUT2D eigenvalue weighted by Gasteiger charge is 2.30. The number of carbonyl (C=O) groups excluding carboxylic acids is 1. The number of amides is 1. The molecule has 8 heteroatoms. The van der Waals surface area contributed by atoms with Crippen LogP contribution < -0.4 is 14.4 Å². The number of hydrogen-bond donors (Lipinski definition) is 1. The number of rotatable bonds is 8. The quantitative estimate of drug-likeness (QED) is 0.750. The predicted octanol–water partition coefficient (Wildman–Crippen LogP) is 2.70. The van der Waals surface area contributed by atoms with Crippen LogP contribution in [0.4, 0.5) is 10.1 Å². The van der Waals surface area contributed by atoms with E-state index in [1.807, 2.05) is 6.92 Å². The Labute approximate surface area is 158 Å². The van der Waals surface area contributed by atoms with E-state index in [-0.39, 0.29) is 23.4 Å². The van der Waals surface area contributed by atoms with Gasteiger partial charge in [0.05, 0.1) is 17.2 Å². The number of anilines is 1. The molecule has 27 heavy (non-hydrogen) atoms. The smallest absolute Gasteiger partial charge is 0.264 e. The van der Waals surface area contributed by atoms with Gasteiger partial charge in [0.1, 0.15) is 18.1 Å². The molecular weight excluding hydrogens is 371 g/mol. The fraction of sp³-hybridized carbons (Fsp3) is 0.316. The van der Waals surface area contributed by atoms with Gasteiger partial charge in [-0.25, -0.2) is 12.8 Å². The molecule has 0 atom stereocenters. The van der Waals surface area contributed by atoms with Crippen molar-refractivity contribution < 1.29 is 22.3 Å². The van der Waals surface area contributed by atoms with Crippen LogP contribution in [-0.4, -0.2) is 33.5 Å². The molecule has 0 radical (unpaired) electrons. The summed E-state index contributed by atoms with van der Waals surface area (Å²) in [5, 5.41) is 2.79. The molecule has 0 saturated heterocycles. The van der Waals surface area contributed by atoms with E-state index in [0.29, 0.717) is 18.0 Å². The number of ether oxygens (including phenoxy) is 1. The van der Waals surface area contributed by atoms with Crippen LogP contribution in [-0.2, 0) is 14.8 Å². The Morgan fingerprint density at radius 2 is 1.78 bits per heavy atom. The average molecular weight is 392 g/mol. The first-order valence-electron chi connectivity index (χ1n) is 8.70. The topological polar surface area (TPSA) is 75.7 Å². The van der Waals surface area contributed by atoms with Crippen molar-refractivity contribution in [1.82, 2.24) is 5.32 Å². The lowest BCUT2D eigenvalue weighted by Crippen LogP contribution is -2.41. The van der Waals surface area contributed by atoms with Crippen LogP contribution in [0.1, 0.15) is 19.8 Å². The van der Waals surface area contributed by atoms with Crippen molar-refractivity contribution in [2.24, 2.45) is 0 Å². The number of carbonyl (C=O) groups is 1. The van der Waals surface area contributed by atoms with Crippen LogP contribution in [0.25, 0.3) is 0 Å². The summed E-state index contributed by atoms with van der Waals surface area (Å²) in [5.41, 5.74) is 0.328. The van der Waals surface area contributed by atoms with E-state index in [0.717, 1.165) is 29.3 Å². The Balaban J connectivity index is 1.92. The number of sulfonamides is 1. The average Bonchev–Trinajstić information content (AvgIpc) is 3.45. The summed E-state index contributed by atoms with van der Waals surface area (Å²) in [6.07, 6.45) is 1.80. The molecule has 6 nitrogen and oxygen atoms in total. The normalized spacial score (nSPS) is 13.9. The number of nitrogens with one attached hydrogen (secondary N) is 1. The predicted molar refractivity (Wildman–Crippen MR) is 99.7 cm³/mol. The van der Waals surface area contributed by atoms with Gasteiger partial charge in [-0.3, -0.25) is 9.10 Å². The molecule has 0 aromatic heterocycles. The van der Waals surface area contributed by atoms with Gasteiger partial charge in [-0.15, -0.1) is 0 Å². The van der Waals surface area contributed by atoms with E-state index < -0.39 is 15.8 Å². The highest BCUT2D eigenvalue weighted by molar-refractivity contribution is 7.92. The summed E-state index contributed by atoms with van der Waals surface area (Å²) in [6, 6.07) is 11.1. The lowest BCUT2D eigenvalue weighted by atomic mass is 10.3. The van der Waals surface area contributed by atoms with Gasteiger partial charge in [-0.1, -0.05) is 0 Å². The van der Waals surface area contributed by atoms with E-state index in [2.05, 4.69) is 5.32 Å². The third-order valence-electron chi connectivity index (χ3n) is 4.07. The van der Waals surface area contributed by atoms with Crippen LogP contribution in [0.3, 0.4) is 0 Å². The molecule has 1 aliphatic rings. The number of hydrogen-bond acceptors (Lipinski definition) is 4. The van der Waals surface area contributed by atoms with E-state index in [9.17, 15) is 17.6 Å². The van der Waals surface area contributed by atoms with Crippen molar-refractivity contribution >= 4 is 21.6 Å². The van der Waals surface area contributed by atoms with Gasteiger partial charge in [0.25, 0.3) is 10.0 Å². The Hall–Kier alpha value is -2.61. The summed E-state index contributed by atoms with van der Waals surface area (Å²) in [7, 11) is -4.04. The van der Waals surface area contributed by atoms with Gasteiger partial charge < -0.3 is 10.1 Å². The molecule has 0 spiro atoms. The minimum atomic E-state index is -4.04. The van der Waals surface area contributed by atoms with Gasteiger partial charge in [-0.05, 0) is 68.3 Å². The maximum atomic E-state index is 13.2. The number of halogens is 1. The molecule has 0 heterocycles. The standard InChI is InChI=1S/C19H21FN2O4S/c1-2-26-17-9-7-16(8-10-17)22(13-19(23)21-15-5-6-15)27(24,25)18-11-3-14(20)4-12-18/h3-4,7-12,15H,2,5-6,13H2,1H3,(H,21,23). The Bertz CT molecular complexity index is 894. The summed E-state index contributed by atoms with van der Waals surface area (Å²) in [6.45, 7) is 1.98. The third-order valence-corrected chi connectivity index (χ3v) is 5.86. The fourth-order valence-corrected chi connectivity index (χ4v) is 3.98. The van der Waals surface area contributed by atoms with Gasteiger partial charge in [0.15, 0.2) is 0 Å². The molecule has 1 saturated carbocycles. The molecule has 0 aliphatic heterocycles. The second kappa shape index (κ2) is 7.96. The molecule has 3 rings (SSSR count). The van der Waals surface area contributed by atoms with Crippen molar-refractivity contribution in [3.8, 4) is 5.75 Å². The monoisotopic (exact) mass is 392 g/mol. The lowest BCUT2D eigenvalue weighted by molar-refractivity contribution is -0.119. The first kappa shape index (κ1) is 19.2. The number of benzene rings is 2. The Morgan fingerprint density at radius 3 is 2.33 bits per heavy atom. The maximum Gasteiger partial charge on any atom is 0.264 e. The van der Waals surface area contributed by atoms with Crippen LogP contribution >= 0.6 is 0 Å². The first-order chi connectivity index (χ1) is 12.9. The highest BCUT2D eigenvalue weighted by Crippen LogP contribution is 2.26. The van der Waals surface area contributed by atoms with E-state index in [4.69, 9.17) is 4.74 Å². The summed E-state index contributed by atoms with van der Waals surface area (Å²) in [5.74, 6) is -0.312. The molecule has 2 aromatic carbocycles. The van der Waals surface area contributed by atoms with Crippen molar-refractivity contribution in [2.75, 3.05) is 17.5 Å². The van der Waals surface area contributed by atoms with Crippen LogP contribution in [0.5, 0.6) is 5.75 Å². The maximum absolute atomic E-state index is 13.2. The first-order valence-corrected chi connectivity index (χ1v) is 10.1. The molecule has 1 N–H and O–H groups in total. The van der Waals surface area contributed by atoms with E-state index in [1.54, 1.807) is 24.3 Å².